The van der Waals surface area contributed by atoms with Gasteiger partial charge in [0, 0.05) is 37.6 Å². The summed E-state index contributed by atoms with van der Waals surface area (Å²) in [7, 11) is 4.59. The molecule has 6 rings (SSSR count). The zero-order valence-corrected chi connectivity index (χ0v) is 26.1. The van der Waals surface area contributed by atoms with E-state index in [0.29, 0.717) is 27.2 Å². The van der Waals surface area contributed by atoms with Crippen molar-refractivity contribution in [2.75, 3.05) is 20.2 Å². The monoisotopic (exact) mass is 678 g/mol. The van der Waals surface area contributed by atoms with Gasteiger partial charge in [0.2, 0.25) is 0 Å². The van der Waals surface area contributed by atoms with Gasteiger partial charge < -0.3 is 24.2 Å². The first-order valence-electron chi connectivity index (χ1n) is 14.0. The molecule has 17 heteroatoms. The summed E-state index contributed by atoms with van der Waals surface area (Å²) in [6.45, 7) is -3.52. The van der Waals surface area contributed by atoms with Crippen LogP contribution in [0.1, 0.15) is 20.2 Å². The highest BCUT2D eigenvalue weighted by Crippen LogP contribution is 2.45. The van der Waals surface area contributed by atoms with Gasteiger partial charge in [0.05, 0.1) is 52.9 Å². The van der Waals surface area contributed by atoms with Gasteiger partial charge in [-0.15, -0.1) is 11.3 Å². The number of alkyl halides is 5. The first-order chi connectivity index (χ1) is 22.2. The van der Waals surface area contributed by atoms with Crippen molar-refractivity contribution in [2.45, 2.75) is 31.9 Å². The molecule has 1 N–H and O–H groups in total. The Labute approximate surface area is 267 Å². The topological polar surface area (TPSA) is 117 Å². The van der Waals surface area contributed by atoms with E-state index in [1.54, 1.807) is 37.2 Å². The molecule has 1 aliphatic heterocycles. The van der Waals surface area contributed by atoms with Crippen molar-refractivity contribution in [2.24, 2.45) is 14.1 Å². The summed E-state index contributed by atoms with van der Waals surface area (Å²) >= 11 is 1.46. The van der Waals surface area contributed by atoms with Crippen LogP contribution in [0.15, 0.2) is 42.9 Å². The maximum Gasteiger partial charge on any atom is 0.420 e. The van der Waals surface area contributed by atoms with Gasteiger partial charge in [-0.2, -0.15) is 32.1 Å². The highest BCUT2D eigenvalue weighted by molar-refractivity contribution is 7.11. The summed E-state index contributed by atoms with van der Waals surface area (Å²) in [6, 6.07) is 6.16. The number of methoxy groups -OCH3 is 1. The fraction of sp³-hybridized carbons (Fsp3) is 0.333. The molecule has 3 aromatic heterocycles. The number of carbonyl (C=O) groups excluding carboxylic acids is 1. The number of aliphatic hydroxyl groups is 1. The Morgan fingerprint density at radius 2 is 1.77 bits per heavy atom. The molecule has 0 bridgehead atoms. The second-order valence-corrected chi connectivity index (χ2v) is 12.3. The van der Waals surface area contributed by atoms with E-state index in [-0.39, 0.29) is 17.9 Å². The van der Waals surface area contributed by atoms with E-state index in [4.69, 9.17) is 14.2 Å². The molecule has 0 unspecified atom stereocenters. The molecule has 1 aliphatic rings. The lowest BCUT2D eigenvalue weighted by atomic mass is 9.92. The number of rotatable bonds is 9. The van der Waals surface area contributed by atoms with Crippen molar-refractivity contribution in [3.8, 4) is 39.6 Å². The molecule has 11 nitrogen and oxygen atoms in total. The summed E-state index contributed by atoms with van der Waals surface area (Å²) in [5.41, 5.74) is -0.983. The molecule has 1 saturated heterocycles. The Balaban J connectivity index is 1.48. The second kappa shape index (κ2) is 11.8. The maximum atomic E-state index is 13.7. The third-order valence-electron chi connectivity index (χ3n) is 7.69. The zero-order chi connectivity index (χ0) is 33.8. The Bertz CT molecular complexity index is 1980. The molecule has 248 valence electrons. The number of thiazole rings is 1. The Kier molecular flexibility index (Phi) is 8.07. The highest BCUT2D eigenvalue weighted by atomic mass is 32.1. The van der Waals surface area contributed by atoms with E-state index in [1.807, 2.05) is 19.2 Å². The Hall–Kier alpha value is -4.77. The van der Waals surface area contributed by atoms with Gasteiger partial charge in [0.15, 0.2) is 5.60 Å². The van der Waals surface area contributed by atoms with Gasteiger partial charge in [-0.1, -0.05) is 0 Å². The highest BCUT2D eigenvalue weighted by Gasteiger charge is 2.62. The van der Waals surface area contributed by atoms with Gasteiger partial charge >= 0.3 is 12.8 Å². The summed E-state index contributed by atoms with van der Waals surface area (Å²) in [6.07, 6.45) is 0.220. The van der Waals surface area contributed by atoms with Crippen molar-refractivity contribution in [3.63, 3.8) is 0 Å². The molecule has 0 radical (unpaired) electrons. The normalized spacial score (nSPS) is 14.5. The van der Waals surface area contributed by atoms with Crippen LogP contribution in [-0.2, 0) is 20.7 Å². The lowest BCUT2D eigenvalue weighted by Gasteiger charge is -2.47. The quantitative estimate of drug-likeness (QED) is 0.208. The number of amides is 1. The van der Waals surface area contributed by atoms with Crippen LogP contribution in [0.25, 0.3) is 33.3 Å². The molecule has 0 aliphatic carbocycles. The van der Waals surface area contributed by atoms with E-state index < -0.39 is 48.7 Å². The molecule has 2 aromatic carbocycles. The summed E-state index contributed by atoms with van der Waals surface area (Å²) in [5, 5.41) is 20.1. The number of hydrogen-bond donors (Lipinski definition) is 1. The van der Waals surface area contributed by atoms with Gasteiger partial charge in [-0.05, 0) is 36.8 Å². The summed E-state index contributed by atoms with van der Waals surface area (Å²) in [4.78, 5) is 19.1. The molecule has 1 amide bonds. The van der Waals surface area contributed by atoms with Crippen LogP contribution in [0.3, 0.4) is 0 Å². The number of carbonyl (C=O) groups is 1. The Morgan fingerprint density at radius 1 is 1.06 bits per heavy atom. The number of aryl methyl sites for hydroxylation is 3. The average molecular weight is 679 g/mol. The van der Waals surface area contributed by atoms with Crippen molar-refractivity contribution in [1.29, 1.82) is 0 Å². The molecule has 4 heterocycles. The van der Waals surface area contributed by atoms with Gasteiger partial charge in [-0.25, -0.2) is 4.98 Å². The lowest BCUT2D eigenvalue weighted by Crippen LogP contribution is -2.70. The van der Waals surface area contributed by atoms with Crippen LogP contribution in [0, 0.1) is 6.92 Å². The van der Waals surface area contributed by atoms with Crippen molar-refractivity contribution in [1.82, 2.24) is 29.4 Å². The van der Waals surface area contributed by atoms with Gasteiger partial charge in [0.1, 0.15) is 29.4 Å². The smallest absolute Gasteiger partial charge is 0.420 e. The predicted octanol–water partition coefficient (Wildman–Crippen LogP) is 5.34. The van der Waals surface area contributed by atoms with Crippen LogP contribution in [0.4, 0.5) is 22.0 Å². The van der Waals surface area contributed by atoms with Gasteiger partial charge in [0.25, 0.3) is 5.91 Å². The van der Waals surface area contributed by atoms with E-state index >= 15 is 0 Å². The molecule has 1 fully saturated rings. The molecule has 0 atom stereocenters. The second-order valence-electron chi connectivity index (χ2n) is 11.0. The van der Waals surface area contributed by atoms with E-state index in [1.165, 1.54) is 35.3 Å². The number of hydrogen-bond acceptors (Lipinski definition) is 9. The summed E-state index contributed by atoms with van der Waals surface area (Å²) in [5.74, 6) is -1.56. The number of β-amino-alcohol motifs (C(OH)–C–C–N with tert-alkyl or cyclic N) is 1. The van der Waals surface area contributed by atoms with Gasteiger partial charge in [-0.3, -0.25) is 14.2 Å². The minimum atomic E-state index is -4.99. The van der Waals surface area contributed by atoms with Crippen molar-refractivity contribution in [3.05, 3.63) is 58.3 Å². The Morgan fingerprint density at radius 3 is 2.36 bits per heavy atom. The number of fused-ring (bicyclic) bond motifs is 1. The van der Waals surface area contributed by atoms with E-state index in [0.717, 1.165) is 21.0 Å². The van der Waals surface area contributed by atoms with E-state index in [9.17, 15) is 31.9 Å². The fourth-order valence-electron chi connectivity index (χ4n) is 5.45. The molecular formula is C30H27F5N6O5S. The third kappa shape index (κ3) is 5.95. The van der Waals surface area contributed by atoms with Crippen LogP contribution < -0.4 is 14.2 Å². The minimum absolute atomic E-state index is 0.169. The molecule has 0 saturated carbocycles. The molecule has 0 spiro atoms. The van der Waals surface area contributed by atoms with Crippen LogP contribution >= 0.6 is 11.3 Å². The number of ether oxygens (including phenoxy) is 3. The first kappa shape index (κ1) is 32.2. The third-order valence-corrected chi connectivity index (χ3v) is 8.57. The number of likely N-dealkylation sites (tertiary alicyclic amines) is 1. The molecular weight excluding hydrogens is 651 g/mol. The van der Waals surface area contributed by atoms with Crippen molar-refractivity contribution < 1.29 is 46.1 Å². The number of halogens is 5. The SMILES string of the molecule is COc1cc(-c2c3c(OCc4cnc(C)s4)cc(-c4cnn(C)c4)cc3nn2C)cc(OC(F)F)c1C(=O)N1CC(O)(C(F)(F)F)C1. The lowest BCUT2D eigenvalue weighted by molar-refractivity contribution is -0.294. The molecule has 5 aromatic rings. The predicted molar refractivity (Wildman–Crippen MR) is 160 cm³/mol. The van der Waals surface area contributed by atoms with Crippen LogP contribution in [0.2, 0.25) is 0 Å². The largest absolute Gasteiger partial charge is 0.496 e. The van der Waals surface area contributed by atoms with E-state index in [2.05, 4.69) is 15.2 Å². The summed E-state index contributed by atoms with van der Waals surface area (Å²) < 4.78 is 86.7. The fourth-order valence-corrected chi connectivity index (χ4v) is 6.16. The molecule has 47 heavy (non-hydrogen) atoms. The zero-order valence-electron chi connectivity index (χ0n) is 25.3. The van der Waals surface area contributed by atoms with Crippen molar-refractivity contribution >= 4 is 28.1 Å². The standard InChI is InChI=1S/C30H27F5N6O5S/c1-15-36-10-19(47-15)12-45-22-6-16(18-9-37-39(2)11-18)5-20-24(22)26(40(3)38-20)17-7-21(44-4)25(23(8-17)46-28(31)32)27(42)41-13-29(43,14-41)30(33,34)35/h5-11,28,43H,12-14H2,1-4H3. The minimum Gasteiger partial charge on any atom is -0.496 e. The number of nitrogens with zero attached hydrogens (tertiary/aromatic N) is 6. The number of aromatic nitrogens is 5. The van der Waals surface area contributed by atoms with Crippen LogP contribution in [0.5, 0.6) is 17.2 Å². The maximum absolute atomic E-state index is 13.7. The first-order valence-corrected chi connectivity index (χ1v) is 14.8. The average Bonchev–Trinajstić information content (AvgIpc) is 3.69. The number of benzene rings is 2. The van der Waals surface area contributed by atoms with Crippen LogP contribution in [-0.4, -0.2) is 79.0 Å².